The summed E-state index contributed by atoms with van der Waals surface area (Å²) in [6.07, 6.45) is 1.13. The third kappa shape index (κ3) is 6.92. The molecule has 2 atom stereocenters. The lowest BCUT2D eigenvalue weighted by atomic mass is 9.67. The molecule has 0 aliphatic heterocycles. The standard InChI is InChI=1S/C68H55NO/c1-4-48(3)50-32-30-49(31-33-50)46-70-58-40-36-54(37-41-58)68(53-34-28-47(2)29-35-53)64-27-17-15-25-60(64)62-43-39-57(45-66(62)68)69(55-22-12-7-13-23-55)56-38-42-61-59-24-14-16-26-63(59)67(65(61)44-56,51-18-8-5-9-19-51)52-20-10-6-11-21-52/h5-45,48H,4,46H2,1-3H3. The van der Waals surface area contributed by atoms with Crippen molar-refractivity contribution in [3.8, 4) is 28.0 Å². The van der Waals surface area contributed by atoms with Crippen molar-refractivity contribution < 1.29 is 4.74 Å². The summed E-state index contributed by atoms with van der Waals surface area (Å²) in [5, 5.41) is 0. The monoisotopic (exact) mass is 901 g/mol. The summed E-state index contributed by atoms with van der Waals surface area (Å²) in [5.74, 6) is 1.40. The van der Waals surface area contributed by atoms with E-state index in [2.05, 4.69) is 274 Å². The van der Waals surface area contributed by atoms with Crippen molar-refractivity contribution in [3.63, 3.8) is 0 Å². The summed E-state index contributed by atoms with van der Waals surface area (Å²) in [4.78, 5) is 2.46. The number of anilines is 3. The second-order valence-electron chi connectivity index (χ2n) is 19.2. The first-order valence-corrected chi connectivity index (χ1v) is 24.8. The summed E-state index contributed by atoms with van der Waals surface area (Å²) in [6.45, 7) is 7.21. The van der Waals surface area contributed by atoms with Crippen LogP contribution in [0.25, 0.3) is 22.3 Å². The van der Waals surface area contributed by atoms with Crippen molar-refractivity contribution in [2.24, 2.45) is 0 Å². The van der Waals surface area contributed by atoms with Gasteiger partial charge in [-0.25, -0.2) is 0 Å². The molecule has 0 spiro atoms. The third-order valence-electron chi connectivity index (χ3n) is 15.3. The molecule has 0 heterocycles. The molecule has 0 saturated carbocycles. The third-order valence-corrected chi connectivity index (χ3v) is 15.3. The lowest BCUT2D eigenvalue weighted by Crippen LogP contribution is -2.29. The van der Waals surface area contributed by atoms with E-state index in [0.29, 0.717) is 12.5 Å². The topological polar surface area (TPSA) is 12.5 Å². The first-order valence-electron chi connectivity index (χ1n) is 24.8. The van der Waals surface area contributed by atoms with Crippen molar-refractivity contribution in [2.75, 3.05) is 4.90 Å². The molecule has 0 bridgehead atoms. The molecule has 2 aliphatic carbocycles. The lowest BCUT2D eigenvalue weighted by Gasteiger charge is -2.36. The molecule has 0 fully saturated rings. The van der Waals surface area contributed by atoms with E-state index in [4.69, 9.17) is 4.74 Å². The summed E-state index contributed by atoms with van der Waals surface area (Å²) >= 11 is 0. The highest BCUT2D eigenvalue weighted by Crippen LogP contribution is 2.59. The fraction of sp³-hybridized carbons (Fsp3) is 0.118. The van der Waals surface area contributed by atoms with Gasteiger partial charge in [0, 0.05) is 17.1 Å². The molecule has 0 N–H and O–H groups in total. The fourth-order valence-electron chi connectivity index (χ4n) is 11.7. The van der Waals surface area contributed by atoms with E-state index in [9.17, 15) is 0 Å². The zero-order valence-electron chi connectivity index (χ0n) is 40.0. The fourth-order valence-corrected chi connectivity index (χ4v) is 11.7. The van der Waals surface area contributed by atoms with Crippen LogP contribution in [0.5, 0.6) is 5.75 Å². The Kier molecular flexibility index (Phi) is 10.9. The highest BCUT2D eigenvalue weighted by atomic mass is 16.5. The number of ether oxygens (including phenoxy) is 1. The molecule has 0 aromatic heterocycles. The van der Waals surface area contributed by atoms with Gasteiger partial charge in [-0.05, 0) is 146 Å². The van der Waals surface area contributed by atoms with E-state index in [1.165, 1.54) is 83.5 Å². The Morgan fingerprint density at radius 3 is 1.33 bits per heavy atom. The van der Waals surface area contributed by atoms with Gasteiger partial charge in [0.15, 0.2) is 0 Å². The molecule has 12 rings (SSSR count). The van der Waals surface area contributed by atoms with Gasteiger partial charge < -0.3 is 9.64 Å². The minimum Gasteiger partial charge on any atom is -0.489 e. The van der Waals surface area contributed by atoms with Crippen LogP contribution in [-0.2, 0) is 17.4 Å². The Morgan fingerprint density at radius 1 is 0.400 bits per heavy atom. The molecule has 2 heteroatoms. The summed E-state index contributed by atoms with van der Waals surface area (Å²) in [6, 6.07) is 92.3. The Hall–Kier alpha value is -8.20. The van der Waals surface area contributed by atoms with Gasteiger partial charge in [-0.3, -0.25) is 0 Å². The Balaban J connectivity index is 1.03. The van der Waals surface area contributed by atoms with Crippen LogP contribution in [0.1, 0.15) is 87.4 Å². The van der Waals surface area contributed by atoms with E-state index in [-0.39, 0.29) is 0 Å². The van der Waals surface area contributed by atoms with Gasteiger partial charge in [0.25, 0.3) is 0 Å². The van der Waals surface area contributed by atoms with E-state index in [1.54, 1.807) is 0 Å². The molecule has 0 amide bonds. The molecule has 0 radical (unpaired) electrons. The second kappa shape index (κ2) is 17.7. The highest BCUT2D eigenvalue weighted by molar-refractivity contribution is 5.92. The van der Waals surface area contributed by atoms with Crippen molar-refractivity contribution in [3.05, 3.63) is 310 Å². The van der Waals surface area contributed by atoms with Gasteiger partial charge in [-0.15, -0.1) is 0 Å². The second-order valence-corrected chi connectivity index (χ2v) is 19.2. The molecule has 2 unspecified atom stereocenters. The predicted molar refractivity (Wildman–Crippen MR) is 290 cm³/mol. The lowest BCUT2D eigenvalue weighted by molar-refractivity contribution is 0.306. The summed E-state index contributed by atoms with van der Waals surface area (Å²) in [7, 11) is 0. The first-order chi connectivity index (χ1) is 34.5. The first kappa shape index (κ1) is 43.1. The van der Waals surface area contributed by atoms with Crippen LogP contribution >= 0.6 is 0 Å². The number of hydrogen-bond acceptors (Lipinski definition) is 2. The summed E-state index contributed by atoms with van der Waals surface area (Å²) in [5.41, 5.74) is 21.0. The van der Waals surface area contributed by atoms with E-state index in [0.717, 1.165) is 29.2 Å². The van der Waals surface area contributed by atoms with Gasteiger partial charge in [-0.2, -0.15) is 0 Å². The Labute approximate surface area is 413 Å². The minimum absolute atomic E-state index is 0.514. The molecular weight excluding hydrogens is 847 g/mol. The van der Waals surface area contributed by atoms with Crippen LogP contribution in [0.4, 0.5) is 17.1 Å². The molecule has 0 saturated heterocycles. The Morgan fingerprint density at radius 2 is 0.829 bits per heavy atom. The smallest absolute Gasteiger partial charge is 0.119 e. The normalized spacial score (nSPS) is 15.3. The number of nitrogens with zero attached hydrogens (tertiary/aromatic N) is 1. The van der Waals surface area contributed by atoms with Crippen molar-refractivity contribution in [1.82, 2.24) is 0 Å². The van der Waals surface area contributed by atoms with Crippen LogP contribution < -0.4 is 9.64 Å². The van der Waals surface area contributed by atoms with Crippen LogP contribution in [0.3, 0.4) is 0 Å². The average molecular weight is 902 g/mol. The molecule has 10 aromatic rings. The number of rotatable bonds is 12. The highest BCUT2D eigenvalue weighted by Gasteiger charge is 2.48. The van der Waals surface area contributed by atoms with Gasteiger partial charge in [0.1, 0.15) is 12.4 Å². The maximum atomic E-state index is 6.49. The maximum Gasteiger partial charge on any atom is 0.119 e. The minimum atomic E-state index is -0.613. The summed E-state index contributed by atoms with van der Waals surface area (Å²) < 4.78 is 6.49. The number of benzene rings is 10. The SMILES string of the molecule is CCC(C)c1ccc(COc2ccc(C3(c4ccc(C)cc4)c4ccccc4-c4ccc(N(c5ccccc5)c5ccc6c(c5)C(c5ccccc5)(c5ccccc5)c5ccccc5-6)cc43)cc2)cc1. The molecule has 2 nitrogen and oxygen atoms in total. The van der Waals surface area contributed by atoms with Crippen LogP contribution in [-0.4, -0.2) is 0 Å². The average Bonchev–Trinajstić information content (AvgIpc) is 3.89. The molecular formula is C68H55NO. The Bertz CT molecular complexity index is 3430. The number of hydrogen-bond donors (Lipinski definition) is 0. The molecule has 338 valence electrons. The number of para-hydroxylation sites is 1. The van der Waals surface area contributed by atoms with E-state index < -0.39 is 10.8 Å². The number of aryl methyl sites for hydroxylation is 1. The van der Waals surface area contributed by atoms with Crippen molar-refractivity contribution in [2.45, 2.75) is 50.5 Å². The van der Waals surface area contributed by atoms with Crippen molar-refractivity contribution >= 4 is 17.1 Å². The van der Waals surface area contributed by atoms with Gasteiger partial charge in [0.2, 0.25) is 0 Å². The maximum absolute atomic E-state index is 6.49. The number of fused-ring (bicyclic) bond motifs is 6. The zero-order chi connectivity index (χ0) is 47.2. The predicted octanol–water partition coefficient (Wildman–Crippen LogP) is 17.3. The van der Waals surface area contributed by atoms with Crippen LogP contribution in [0, 0.1) is 6.92 Å². The molecule has 10 aromatic carbocycles. The quantitative estimate of drug-likeness (QED) is 0.121. The van der Waals surface area contributed by atoms with E-state index >= 15 is 0 Å². The van der Waals surface area contributed by atoms with Gasteiger partial charge in [-0.1, -0.05) is 220 Å². The van der Waals surface area contributed by atoms with Gasteiger partial charge >= 0.3 is 0 Å². The zero-order valence-corrected chi connectivity index (χ0v) is 40.0. The van der Waals surface area contributed by atoms with Gasteiger partial charge in [0.05, 0.1) is 10.8 Å². The molecule has 70 heavy (non-hydrogen) atoms. The van der Waals surface area contributed by atoms with Crippen molar-refractivity contribution in [1.29, 1.82) is 0 Å². The van der Waals surface area contributed by atoms with E-state index in [1.807, 2.05) is 0 Å². The van der Waals surface area contributed by atoms with Crippen LogP contribution in [0.15, 0.2) is 249 Å². The molecule has 2 aliphatic rings. The van der Waals surface area contributed by atoms with Crippen LogP contribution in [0.2, 0.25) is 0 Å². The largest absolute Gasteiger partial charge is 0.489 e.